The van der Waals surface area contributed by atoms with Gasteiger partial charge in [0.05, 0.1) is 5.69 Å². The van der Waals surface area contributed by atoms with Crippen LogP contribution >= 0.6 is 15.9 Å². The quantitative estimate of drug-likeness (QED) is 0.819. The van der Waals surface area contributed by atoms with Crippen LogP contribution in [0.2, 0.25) is 0 Å². The number of nitrogens with zero attached hydrogens (tertiary/aromatic N) is 2. The molecule has 2 N–H and O–H groups in total. The van der Waals surface area contributed by atoms with Crippen LogP contribution < -0.4 is 10.5 Å². The third-order valence-corrected chi connectivity index (χ3v) is 5.14. The Hall–Kier alpha value is -1.43. The van der Waals surface area contributed by atoms with E-state index in [9.17, 15) is 0 Å². The number of pyridine rings is 1. The zero-order chi connectivity index (χ0) is 17.0. The first-order chi connectivity index (χ1) is 11.6. The van der Waals surface area contributed by atoms with E-state index in [1.807, 2.05) is 30.3 Å². The molecule has 1 saturated heterocycles. The van der Waals surface area contributed by atoms with Crippen LogP contribution in [-0.2, 0) is 13.2 Å². The van der Waals surface area contributed by atoms with Gasteiger partial charge >= 0.3 is 0 Å². The number of nitrogens with two attached hydrogens (primary N) is 1. The summed E-state index contributed by atoms with van der Waals surface area (Å²) in [6, 6.07) is 12.1. The van der Waals surface area contributed by atoms with Gasteiger partial charge in [-0.3, -0.25) is 9.88 Å². The lowest BCUT2D eigenvalue weighted by atomic mass is 9.90. The molecule has 1 aliphatic rings. The van der Waals surface area contributed by atoms with E-state index in [0.717, 1.165) is 48.5 Å². The Morgan fingerprint density at radius 1 is 1.33 bits per heavy atom. The number of ether oxygens (including phenoxy) is 1. The molecular weight excluding hydrogens is 366 g/mol. The molecule has 1 atom stereocenters. The highest BCUT2D eigenvalue weighted by molar-refractivity contribution is 9.10. The highest BCUT2D eigenvalue weighted by Gasteiger charge is 2.32. The minimum Gasteiger partial charge on any atom is -0.487 e. The Morgan fingerprint density at radius 3 is 2.92 bits per heavy atom. The van der Waals surface area contributed by atoms with Crippen molar-refractivity contribution in [2.75, 3.05) is 19.6 Å². The zero-order valence-corrected chi connectivity index (χ0v) is 15.6. The first-order valence-electron chi connectivity index (χ1n) is 8.31. The van der Waals surface area contributed by atoms with E-state index in [4.69, 9.17) is 10.5 Å². The molecule has 0 saturated carbocycles. The second-order valence-electron chi connectivity index (χ2n) is 6.84. The van der Waals surface area contributed by atoms with E-state index < -0.39 is 0 Å². The molecule has 0 bridgehead atoms. The summed E-state index contributed by atoms with van der Waals surface area (Å²) >= 11 is 3.57. The fraction of sp³-hybridized carbons (Fsp3) is 0.421. The van der Waals surface area contributed by atoms with Crippen molar-refractivity contribution in [3.63, 3.8) is 0 Å². The number of likely N-dealkylation sites (tertiary alicyclic amines) is 1. The number of rotatable bonds is 6. The van der Waals surface area contributed by atoms with Crippen molar-refractivity contribution in [3.05, 3.63) is 58.3 Å². The number of aromatic nitrogens is 1. The number of hydrogen-bond acceptors (Lipinski definition) is 4. The van der Waals surface area contributed by atoms with E-state index in [1.165, 1.54) is 5.56 Å². The van der Waals surface area contributed by atoms with Crippen LogP contribution in [0.3, 0.4) is 0 Å². The van der Waals surface area contributed by atoms with Gasteiger partial charge in [0.1, 0.15) is 12.4 Å². The van der Waals surface area contributed by atoms with Crippen molar-refractivity contribution in [2.45, 2.75) is 26.5 Å². The molecule has 5 heteroatoms. The average Bonchev–Trinajstić information content (AvgIpc) is 2.97. The summed E-state index contributed by atoms with van der Waals surface area (Å²) in [6.45, 7) is 6.50. The summed E-state index contributed by atoms with van der Waals surface area (Å²) in [6.07, 6.45) is 2.95. The van der Waals surface area contributed by atoms with Crippen molar-refractivity contribution >= 4 is 15.9 Å². The second-order valence-corrected chi connectivity index (χ2v) is 7.75. The summed E-state index contributed by atoms with van der Waals surface area (Å²) in [7, 11) is 0. The molecule has 1 fully saturated rings. The van der Waals surface area contributed by atoms with Crippen LogP contribution in [0.4, 0.5) is 0 Å². The van der Waals surface area contributed by atoms with Crippen molar-refractivity contribution in [1.82, 2.24) is 9.88 Å². The van der Waals surface area contributed by atoms with Crippen LogP contribution in [-0.4, -0.2) is 29.5 Å². The molecule has 1 aliphatic heterocycles. The molecule has 3 rings (SSSR count). The lowest BCUT2D eigenvalue weighted by Crippen LogP contribution is -2.31. The summed E-state index contributed by atoms with van der Waals surface area (Å²) in [5.74, 6) is 0.921. The van der Waals surface area contributed by atoms with Gasteiger partial charge < -0.3 is 10.5 Å². The van der Waals surface area contributed by atoms with Crippen molar-refractivity contribution in [2.24, 2.45) is 11.1 Å². The van der Waals surface area contributed by atoms with Crippen molar-refractivity contribution in [3.8, 4) is 5.75 Å². The molecule has 0 aliphatic carbocycles. The first-order valence-corrected chi connectivity index (χ1v) is 9.11. The van der Waals surface area contributed by atoms with Gasteiger partial charge in [0.15, 0.2) is 0 Å². The van der Waals surface area contributed by atoms with Gasteiger partial charge in [0.25, 0.3) is 0 Å². The first kappa shape index (κ1) is 17.4. The van der Waals surface area contributed by atoms with E-state index in [1.54, 1.807) is 6.20 Å². The fourth-order valence-corrected chi connectivity index (χ4v) is 3.52. The van der Waals surface area contributed by atoms with Crippen molar-refractivity contribution < 1.29 is 4.74 Å². The normalized spacial score (nSPS) is 21.1. The van der Waals surface area contributed by atoms with E-state index in [0.29, 0.717) is 6.61 Å². The maximum Gasteiger partial charge on any atom is 0.130 e. The molecule has 0 spiro atoms. The Morgan fingerprint density at radius 2 is 2.21 bits per heavy atom. The Bertz CT molecular complexity index is 680. The summed E-state index contributed by atoms with van der Waals surface area (Å²) < 4.78 is 7.10. The maximum atomic E-state index is 6.03. The van der Waals surface area contributed by atoms with Gasteiger partial charge in [-0.15, -0.1) is 0 Å². The van der Waals surface area contributed by atoms with Gasteiger partial charge in [0, 0.05) is 29.3 Å². The van der Waals surface area contributed by atoms with E-state index in [-0.39, 0.29) is 5.41 Å². The molecule has 2 heterocycles. The molecule has 24 heavy (non-hydrogen) atoms. The van der Waals surface area contributed by atoms with Gasteiger partial charge in [-0.2, -0.15) is 0 Å². The highest BCUT2D eigenvalue weighted by Crippen LogP contribution is 2.32. The summed E-state index contributed by atoms with van der Waals surface area (Å²) in [4.78, 5) is 6.78. The third kappa shape index (κ3) is 4.35. The fourth-order valence-electron chi connectivity index (χ4n) is 3.12. The smallest absolute Gasteiger partial charge is 0.130 e. The van der Waals surface area contributed by atoms with E-state index >= 15 is 0 Å². The van der Waals surface area contributed by atoms with Gasteiger partial charge in [-0.25, -0.2) is 0 Å². The standard InChI is InChI=1S/C19H24BrN3O/c1-19(13-21)7-9-23(14-19)11-15-10-16(20)5-6-18(15)24-12-17-4-2-3-8-22-17/h2-6,8,10H,7,9,11-14,21H2,1H3. The predicted molar refractivity (Wildman–Crippen MR) is 99.8 cm³/mol. The molecule has 2 aromatic rings. The minimum atomic E-state index is 0.237. The molecule has 0 radical (unpaired) electrons. The average molecular weight is 390 g/mol. The summed E-state index contributed by atoms with van der Waals surface area (Å²) in [5, 5.41) is 0. The lowest BCUT2D eigenvalue weighted by molar-refractivity contribution is 0.260. The monoisotopic (exact) mass is 389 g/mol. The van der Waals surface area contributed by atoms with Crippen LogP contribution in [0.1, 0.15) is 24.6 Å². The van der Waals surface area contributed by atoms with E-state index in [2.05, 4.69) is 38.8 Å². The lowest BCUT2D eigenvalue weighted by Gasteiger charge is -2.23. The van der Waals surface area contributed by atoms with Crippen LogP contribution in [0.5, 0.6) is 5.75 Å². The predicted octanol–water partition coefficient (Wildman–Crippen LogP) is 3.59. The molecule has 1 aromatic carbocycles. The zero-order valence-electron chi connectivity index (χ0n) is 14.0. The molecule has 128 valence electrons. The van der Waals surface area contributed by atoms with Crippen molar-refractivity contribution in [1.29, 1.82) is 0 Å². The largest absolute Gasteiger partial charge is 0.487 e. The van der Waals surface area contributed by atoms with Crippen LogP contribution in [0, 0.1) is 5.41 Å². The third-order valence-electron chi connectivity index (χ3n) is 4.65. The number of benzene rings is 1. The molecule has 4 nitrogen and oxygen atoms in total. The van der Waals surface area contributed by atoms with Crippen LogP contribution in [0.25, 0.3) is 0 Å². The maximum absolute atomic E-state index is 6.03. The Kier molecular flexibility index (Phi) is 5.54. The van der Waals surface area contributed by atoms with Gasteiger partial charge in [0.2, 0.25) is 0 Å². The molecule has 1 unspecified atom stereocenters. The highest BCUT2D eigenvalue weighted by atomic mass is 79.9. The van der Waals surface area contributed by atoms with Gasteiger partial charge in [-0.1, -0.05) is 28.9 Å². The molecule has 0 amide bonds. The SMILES string of the molecule is CC1(CN)CCN(Cc2cc(Br)ccc2OCc2ccccn2)C1. The Labute approximate surface area is 152 Å². The topological polar surface area (TPSA) is 51.4 Å². The second kappa shape index (κ2) is 7.64. The number of halogens is 1. The van der Waals surface area contributed by atoms with Crippen LogP contribution in [0.15, 0.2) is 47.1 Å². The molecular formula is C19H24BrN3O. The Balaban J connectivity index is 1.69. The summed E-state index contributed by atoms with van der Waals surface area (Å²) in [5.41, 5.74) is 8.29. The molecule has 1 aromatic heterocycles. The van der Waals surface area contributed by atoms with Gasteiger partial charge in [-0.05, 0) is 55.3 Å². The minimum absolute atomic E-state index is 0.237. The number of hydrogen-bond donors (Lipinski definition) is 1.